The molecule has 0 fully saturated rings. The van der Waals surface area contributed by atoms with Crippen molar-refractivity contribution >= 4 is 189 Å². The van der Waals surface area contributed by atoms with Crippen molar-refractivity contribution in [3.8, 4) is 0 Å². The zero-order chi connectivity index (χ0) is 41.4. The summed E-state index contributed by atoms with van der Waals surface area (Å²) in [5.41, 5.74) is 0. The summed E-state index contributed by atoms with van der Waals surface area (Å²) in [5, 5.41) is 0. The highest BCUT2D eigenvalue weighted by Crippen LogP contribution is 2.01. The van der Waals surface area contributed by atoms with Crippen molar-refractivity contribution in [1.82, 2.24) is 0 Å². The van der Waals surface area contributed by atoms with Crippen LogP contribution in [0.1, 0.15) is 89.1 Å². The van der Waals surface area contributed by atoms with Gasteiger partial charge in [0.05, 0.1) is 0 Å². The summed E-state index contributed by atoms with van der Waals surface area (Å²) in [4.78, 5) is 103. The number of hydrogen-bond acceptors (Lipinski definition) is 22. The van der Waals surface area contributed by atoms with Gasteiger partial charge in [-0.15, -0.1) is 0 Å². The molecule has 0 aromatic heterocycles. The molecule has 0 atom stereocenters. The van der Waals surface area contributed by atoms with Gasteiger partial charge in [-0.3, -0.25) is 0 Å². The first kappa shape index (κ1) is 144. The van der Waals surface area contributed by atoms with E-state index in [0.717, 1.165) is 38.0 Å². The molecule has 0 amide bonds. The van der Waals surface area contributed by atoms with E-state index >= 15 is 0 Å². The predicted octanol–water partition coefficient (Wildman–Crippen LogP) is -14.4. The van der Waals surface area contributed by atoms with Crippen LogP contribution in [-0.2, 0) is 37.0 Å². The first-order valence-electron chi connectivity index (χ1n) is 12.3. The highest BCUT2D eigenvalue weighted by Gasteiger charge is 2.27. The molecule has 22 nitrogen and oxygen atoms in total. The first-order valence-corrected chi connectivity index (χ1v) is 36.9. The Morgan fingerprint density at radius 3 is 0.339 bits per heavy atom. The first-order chi connectivity index (χ1) is 21.0. The molecule has 0 bridgehead atoms. The highest BCUT2D eigenvalue weighted by molar-refractivity contribution is 6.68. The standard InChI is InChI=1S/CH12O3Si4.2CH10O3Si3.2CH8O3Si2.CH6O3Si.12CH4.4H4OSi/c1-8(2-5,3-6)4-7;2*1-7(2,3-5)4-6;2*1-6(2,3)4-5;1-5(2,3)4;;;;;;;;;;;;;4*1-2/h1,5-7H3;2*2H,1,5-6H3;2*2-3H,1,5H3;2-4H,1H3;12*1H4;4*1H,2H3. The molecule has 0 rings (SSSR count). The van der Waals surface area contributed by atoms with Crippen molar-refractivity contribution in [2.45, 2.75) is 128 Å². The minimum absolute atomic E-state index is 0. The van der Waals surface area contributed by atoms with E-state index in [0.29, 0.717) is 105 Å². The van der Waals surface area contributed by atoms with Gasteiger partial charge in [-0.1, -0.05) is 89.1 Å². The summed E-state index contributed by atoms with van der Waals surface area (Å²) in [6.45, 7) is 8.77. The predicted molar refractivity (Wildman–Crippen MR) is 318 cm³/mol. The van der Waals surface area contributed by atoms with Gasteiger partial charge in [0, 0.05) is 39.3 Å². The minimum atomic E-state index is -3.61. The van der Waals surface area contributed by atoms with Crippen LogP contribution in [-0.4, -0.2) is 251 Å². The molecule has 0 saturated heterocycles. The van der Waals surface area contributed by atoms with Gasteiger partial charge in [-0.05, 0) is 0 Å². The lowest BCUT2D eigenvalue weighted by molar-refractivity contribution is 0.238. The SMILES string of the molecule is C.C.C.C.C.C.C.C.C.C.C.C.C[Si](O)(O)O.C[Si](O)(O)O[SiH3].C[Si](O)(O)O[SiH3].C[Si](O)(O[SiH3])O[SiH3].C[Si](O)(O[SiH3])O[SiH3].C[Si](O[SiH3])(O[SiH3])O[SiH3].O[SiH3].O[SiH3].O[SiH3].O[SiH3]. The third-order valence-electron chi connectivity index (χ3n) is 3.40. The van der Waals surface area contributed by atoms with Crippen LogP contribution in [0.4, 0.5) is 0 Å². The lowest BCUT2D eigenvalue weighted by Crippen LogP contribution is -2.40. The molecule has 0 saturated carbocycles. The van der Waals surface area contributed by atoms with Crippen molar-refractivity contribution in [3.05, 3.63) is 0 Å². The molecule has 0 aromatic carbocycles. The molecular formula is C18H118O22Si19. The Labute approximate surface area is 414 Å². The fourth-order valence-electron chi connectivity index (χ4n) is 0.417. The topological polar surface area (TPSA) is 346 Å². The molecule has 59 heavy (non-hydrogen) atoms. The van der Waals surface area contributed by atoms with Gasteiger partial charge in [-0.2, -0.15) is 0 Å². The Hall–Kier alpha value is 3.24. The van der Waals surface area contributed by atoms with Crippen molar-refractivity contribution in [3.63, 3.8) is 0 Å². The molecule has 0 unspecified atom stereocenters. The van der Waals surface area contributed by atoms with Crippen LogP contribution in [0.15, 0.2) is 0 Å². The Balaban J connectivity index is -0.0000000130. The second kappa shape index (κ2) is 95.5. The van der Waals surface area contributed by atoms with Crippen molar-refractivity contribution < 1.29 is 99.4 Å². The summed E-state index contributed by atoms with van der Waals surface area (Å²) in [6.07, 6.45) is 0. The van der Waals surface area contributed by atoms with E-state index < -0.39 is 52.8 Å². The van der Waals surface area contributed by atoms with E-state index in [1.54, 1.807) is 13.1 Å². The summed E-state index contributed by atoms with van der Waals surface area (Å²) >= 11 is 0. The van der Waals surface area contributed by atoms with Gasteiger partial charge in [0.15, 0.2) is 0 Å². The van der Waals surface area contributed by atoms with Crippen LogP contribution < -0.4 is 0 Å². The normalized spacial score (nSPS) is 11.4. The maximum atomic E-state index is 8.90. The van der Waals surface area contributed by atoms with Crippen molar-refractivity contribution in [2.24, 2.45) is 0 Å². The smallest absolute Gasteiger partial charge is 0.442 e. The molecule has 0 spiro atoms. The fraction of sp³-hybridized carbons (Fsp3) is 1.00. The maximum Gasteiger partial charge on any atom is 0.489 e. The van der Waals surface area contributed by atoms with Gasteiger partial charge >= 0.3 is 52.8 Å². The highest BCUT2D eigenvalue weighted by atomic mass is 28.5. The monoisotopic (exact) mass is 1220 g/mol. The van der Waals surface area contributed by atoms with Gasteiger partial charge in [0.2, 0.25) is 0 Å². The minimum Gasteiger partial charge on any atom is -0.442 e. The number of rotatable bonds is 9. The van der Waals surface area contributed by atoms with Crippen LogP contribution in [0, 0.1) is 0 Å². The summed E-state index contributed by atoms with van der Waals surface area (Å²) in [7, 11) is -10.3. The molecule has 398 valence electrons. The Bertz CT molecular complexity index is 489. The second-order valence-electron chi connectivity index (χ2n) is 7.33. The average Bonchev–Trinajstić information content (AvgIpc) is 3.04. The largest absolute Gasteiger partial charge is 0.489 e. The molecule has 0 aliphatic rings. The zero-order valence-corrected chi connectivity index (χ0v) is 63.5. The van der Waals surface area contributed by atoms with E-state index in [1.165, 1.54) is 13.1 Å². The van der Waals surface area contributed by atoms with Gasteiger partial charge in [0.25, 0.3) is 0 Å². The Kier molecular flexibility index (Phi) is 233. The molecular weight excluding hydrogens is 1100 g/mol. The van der Waals surface area contributed by atoms with E-state index in [1.807, 2.05) is 6.55 Å². The second-order valence-corrected chi connectivity index (χ2v) is 33.0. The van der Waals surface area contributed by atoms with E-state index in [4.69, 9.17) is 91.1 Å². The summed E-state index contributed by atoms with van der Waals surface area (Å²) < 4.78 is 43.0. The Morgan fingerprint density at radius 2 is 0.339 bits per heavy atom. The molecule has 41 heteroatoms. The zero-order valence-electron chi connectivity index (χ0n) is 31.5. The van der Waals surface area contributed by atoms with E-state index in [-0.39, 0.29) is 89.1 Å². The maximum absolute atomic E-state index is 8.90. The molecule has 0 aliphatic heterocycles. The van der Waals surface area contributed by atoms with Crippen molar-refractivity contribution in [1.29, 1.82) is 0 Å². The summed E-state index contributed by atoms with van der Waals surface area (Å²) in [6, 6.07) is 0. The Morgan fingerprint density at radius 1 is 0.254 bits per heavy atom. The third-order valence-corrected chi connectivity index (χ3v) is 30.6. The van der Waals surface area contributed by atoms with Crippen LogP contribution in [0.2, 0.25) is 39.3 Å². The molecule has 13 N–H and O–H groups in total. The molecule has 0 aliphatic carbocycles. The summed E-state index contributed by atoms with van der Waals surface area (Å²) in [5.74, 6) is 0. The van der Waals surface area contributed by atoms with E-state index in [9.17, 15) is 0 Å². The van der Waals surface area contributed by atoms with E-state index in [2.05, 4.69) is 8.23 Å². The van der Waals surface area contributed by atoms with Crippen LogP contribution >= 0.6 is 0 Å². The molecule has 0 aromatic rings. The van der Waals surface area contributed by atoms with Crippen LogP contribution in [0.5, 0.6) is 0 Å². The van der Waals surface area contributed by atoms with Gasteiger partial charge < -0.3 is 99.4 Å². The van der Waals surface area contributed by atoms with Crippen molar-refractivity contribution in [2.75, 3.05) is 0 Å². The fourth-order valence-corrected chi connectivity index (χ4v) is 11.3. The lowest BCUT2D eigenvalue weighted by Gasteiger charge is -2.20. The molecule has 0 heterocycles. The lowest BCUT2D eigenvalue weighted by atomic mass is 11.9. The van der Waals surface area contributed by atoms with Crippen LogP contribution in [0.25, 0.3) is 0 Å². The third kappa shape index (κ3) is 235. The van der Waals surface area contributed by atoms with Crippen LogP contribution in [0.3, 0.4) is 0 Å². The molecule has 0 radical (unpaired) electrons. The average molecular weight is 1220 g/mol. The quantitative estimate of drug-likeness (QED) is 0.0954. The van der Waals surface area contributed by atoms with Gasteiger partial charge in [0.1, 0.15) is 136 Å². The number of hydrogen-bond donors (Lipinski definition) is 13. The van der Waals surface area contributed by atoms with Gasteiger partial charge in [-0.25, -0.2) is 0 Å².